The van der Waals surface area contributed by atoms with Crippen molar-refractivity contribution in [2.75, 3.05) is 0 Å². The van der Waals surface area contributed by atoms with E-state index in [1.54, 1.807) is 24.3 Å². The summed E-state index contributed by atoms with van der Waals surface area (Å²) < 4.78 is 59.8. The molecule has 0 amide bonds. The van der Waals surface area contributed by atoms with Gasteiger partial charge in [0.25, 0.3) is 0 Å². The standard InChI is InChI=1S/C26H30F4S2/c1-3-5-7-9-11-17-13-15-19(31-17)21-23(27)25(29)22(26(30)24(21)28)20-16-14-18(32-20)12-10-8-6-4-2/h13-16H,3-12H2,1-2H3. The van der Waals surface area contributed by atoms with Crippen LogP contribution >= 0.6 is 22.7 Å². The van der Waals surface area contributed by atoms with Gasteiger partial charge >= 0.3 is 0 Å². The second kappa shape index (κ2) is 12.0. The van der Waals surface area contributed by atoms with Crippen molar-refractivity contribution in [1.29, 1.82) is 0 Å². The summed E-state index contributed by atoms with van der Waals surface area (Å²) in [6, 6.07) is 6.69. The molecule has 6 heteroatoms. The lowest BCUT2D eigenvalue weighted by Crippen LogP contribution is -2.02. The third-order valence-corrected chi connectivity index (χ3v) is 7.96. The molecule has 0 bridgehead atoms. The van der Waals surface area contributed by atoms with Gasteiger partial charge in [-0.05, 0) is 49.9 Å². The largest absolute Gasteiger partial charge is 0.203 e. The maximum absolute atomic E-state index is 15.0. The molecule has 2 heterocycles. The summed E-state index contributed by atoms with van der Waals surface area (Å²) >= 11 is 2.40. The fraction of sp³-hybridized carbons (Fsp3) is 0.462. The van der Waals surface area contributed by atoms with Gasteiger partial charge in [0.15, 0.2) is 23.3 Å². The van der Waals surface area contributed by atoms with E-state index in [-0.39, 0.29) is 9.75 Å². The number of unbranched alkanes of at least 4 members (excludes halogenated alkanes) is 6. The van der Waals surface area contributed by atoms with Crippen molar-refractivity contribution in [3.8, 4) is 20.9 Å². The fourth-order valence-electron chi connectivity index (χ4n) is 3.81. The van der Waals surface area contributed by atoms with E-state index < -0.39 is 34.4 Å². The van der Waals surface area contributed by atoms with Gasteiger partial charge in [-0.15, -0.1) is 22.7 Å². The van der Waals surface area contributed by atoms with Crippen LogP contribution in [0.1, 0.15) is 75.0 Å². The highest BCUT2D eigenvalue weighted by Crippen LogP contribution is 2.41. The van der Waals surface area contributed by atoms with Gasteiger partial charge in [-0.1, -0.05) is 52.4 Å². The van der Waals surface area contributed by atoms with Crippen molar-refractivity contribution in [1.82, 2.24) is 0 Å². The van der Waals surface area contributed by atoms with Crippen LogP contribution in [-0.2, 0) is 12.8 Å². The number of halogens is 4. The molecule has 1 aromatic carbocycles. The molecular weight excluding hydrogens is 452 g/mol. The van der Waals surface area contributed by atoms with Gasteiger partial charge in [0.2, 0.25) is 0 Å². The predicted molar refractivity (Wildman–Crippen MR) is 129 cm³/mol. The van der Waals surface area contributed by atoms with Gasteiger partial charge in [0.1, 0.15) is 0 Å². The first-order valence-corrected chi connectivity index (χ1v) is 13.1. The molecule has 0 atom stereocenters. The number of aryl methyl sites for hydroxylation is 2. The number of benzene rings is 1. The zero-order valence-corrected chi connectivity index (χ0v) is 20.3. The second-order valence-electron chi connectivity index (χ2n) is 8.16. The van der Waals surface area contributed by atoms with E-state index in [4.69, 9.17) is 0 Å². The van der Waals surface area contributed by atoms with Crippen molar-refractivity contribution >= 4 is 22.7 Å². The summed E-state index contributed by atoms with van der Waals surface area (Å²) in [7, 11) is 0. The van der Waals surface area contributed by atoms with Crippen LogP contribution in [-0.4, -0.2) is 0 Å². The van der Waals surface area contributed by atoms with Crippen molar-refractivity contribution < 1.29 is 17.6 Å². The summed E-state index contributed by atoms with van der Waals surface area (Å²) in [5.41, 5.74) is -1.21. The maximum atomic E-state index is 15.0. The first-order valence-electron chi connectivity index (χ1n) is 11.5. The molecule has 2 aromatic heterocycles. The van der Waals surface area contributed by atoms with Crippen LogP contribution in [0, 0.1) is 23.3 Å². The molecule has 3 aromatic rings. The molecule has 0 aliphatic carbocycles. The normalized spacial score (nSPS) is 11.4. The lowest BCUT2D eigenvalue weighted by molar-refractivity contribution is 0.463. The molecule has 174 valence electrons. The van der Waals surface area contributed by atoms with Gasteiger partial charge in [0, 0.05) is 19.5 Å². The maximum Gasteiger partial charge on any atom is 0.171 e. The quantitative estimate of drug-likeness (QED) is 0.137. The first kappa shape index (κ1) is 25.0. The van der Waals surface area contributed by atoms with Gasteiger partial charge < -0.3 is 0 Å². The van der Waals surface area contributed by atoms with Gasteiger partial charge in [0.05, 0.1) is 11.1 Å². The lowest BCUT2D eigenvalue weighted by Gasteiger charge is -2.10. The molecule has 0 aliphatic heterocycles. The highest BCUT2D eigenvalue weighted by molar-refractivity contribution is 7.15. The summed E-state index contributed by atoms with van der Waals surface area (Å²) in [6.07, 6.45) is 10.3. The number of rotatable bonds is 12. The SMILES string of the molecule is CCCCCCc1ccc(-c2c(F)c(F)c(-c3ccc(CCCCCC)s3)c(F)c2F)s1. The van der Waals surface area contributed by atoms with E-state index in [2.05, 4.69) is 13.8 Å². The number of hydrogen-bond acceptors (Lipinski definition) is 2. The van der Waals surface area contributed by atoms with Gasteiger partial charge in [-0.2, -0.15) is 0 Å². The van der Waals surface area contributed by atoms with E-state index in [1.165, 1.54) is 22.7 Å². The Morgan fingerprint density at radius 1 is 0.531 bits per heavy atom. The summed E-state index contributed by atoms with van der Waals surface area (Å²) in [6.45, 7) is 4.26. The van der Waals surface area contributed by atoms with Gasteiger partial charge in [-0.3, -0.25) is 0 Å². The van der Waals surface area contributed by atoms with Crippen LogP contribution in [0.4, 0.5) is 17.6 Å². The molecule has 0 N–H and O–H groups in total. The summed E-state index contributed by atoms with van der Waals surface area (Å²) in [5, 5.41) is 0. The Hall–Kier alpha value is -1.66. The zero-order chi connectivity index (χ0) is 23.1. The second-order valence-corrected chi connectivity index (χ2v) is 10.5. The minimum Gasteiger partial charge on any atom is -0.203 e. The molecular formula is C26H30F4S2. The number of hydrogen-bond donors (Lipinski definition) is 0. The fourth-order valence-corrected chi connectivity index (χ4v) is 5.97. The first-order chi connectivity index (χ1) is 15.5. The van der Waals surface area contributed by atoms with Crippen molar-refractivity contribution in [3.63, 3.8) is 0 Å². The molecule has 0 radical (unpaired) electrons. The van der Waals surface area contributed by atoms with Crippen LogP contribution in [0.15, 0.2) is 24.3 Å². The molecule has 0 saturated carbocycles. The Balaban J connectivity index is 1.84. The molecule has 0 saturated heterocycles. The molecule has 3 rings (SSSR count). The van der Waals surface area contributed by atoms with Crippen molar-refractivity contribution in [2.24, 2.45) is 0 Å². The third kappa shape index (κ3) is 5.82. The molecule has 0 fully saturated rings. The van der Waals surface area contributed by atoms with Crippen molar-refractivity contribution in [3.05, 3.63) is 57.3 Å². The molecule has 0 unspecified atom stereocenters. The minimum absolute atomic E-state index is 0.220. The van der Waals surface area contributed by atoms with Crippen LogP contribution in [0.25, 0.3) is 20.9 Å². The van der Waals surface area contributed by atoms with Crippen LogP contribution in [0.3, 0.4) is 0 Å². The topological polar surface area (TPSA) is 0 Å². The highest BCUT2D eigenvalue weighted by Gasteiger charge is 2.28. The smallest absolute Gasteiger partial charge is 0.171 e. The Morgan fingerprint density at radius 2 is 0.906 bits per heavy atom. The Labute approximate surface area is 196 Å². The monoisotopic (exact) mass is 482 g/mol. The van der Waals surface area contributed by atoms with E-state index >= 15 is 0 Å². The van der Waals surface area contributed by atoms with Crippen molar-refractivity contribution in [2.45, 2.75) is 78.1 Å². The molecule has 0 spiro atoms. The highest BCUT2D eigenvalue weighted by atomic mass is 32.1. The third-order valence-electron chi connectivity index (χ3n) is 5.63. The minimum atomic E-state index is -1.32. The predicted octanol–water partition coefficient (Wildman–Crippen LogP) is 9.95. The average Bonchev–Trinajstić information content (AvgIpc) is 3.43. The van der Waals surface area contributed by atoms with Crippen LogP contribution in [0.5, 0.6) is 0 Å². The Morgan fingerprint density at radius 3 is 1.25 bits per heavy atom. The van der Waals surface area contributed by atoms with Crippen LogP contribution in [0.2, 0.25) is 0 Å². The van der Waals surface area contributed by atoms with Gasteiger partial charge in [-0.25, -0.2) is 17.6 Å². The van der Waals surface area contributed by atoms with E-state index in [0.717, 1.165) is 74.0 Å². The zero-order valence-electron chi connectivity index (χ0n) is 18.7. The summed E-state index contributed by atoms with van der Waals surface area (Å²) in [4.78, 5) is 2.37. The van der Waals surface area contributed by atoms with E-state index in [1.807, 2.05) is 0 Å². The Bertz CT molecular complexity index is 909. The molecule has 32 heavy (non-hydrogen) atoms. The van der Waals surface area contributed by atoms with E-state index in [0.29, 0.717) is 0 Å². The van der Waals surface area contributed by atoms with Crippen LogP contribution < -0.4 is 0 Å². The van der Waals surface area contributed by atoms with E-state index in [9.17, 15) is 17.6 Å². The number of thiophene rings is 2. The average molecular weight is 483 g/mol. The molecule has 0 nitrogen and oxygen atoms in total. The molecule has 0 aliphatic rings. The lowest BCUT2D eigenvalue weighted by atomic mass is 10.1. The Kier molecular flexibility index (Phi) is 9.35. The summed E-state index contributed by atoms with van der Waals surface area (Å²) in [5.74, 6) is -5.29.